The number of esters is 1. The van der Waals surface area contributed by atoms with E-state index in [0.29, 0.717) is 24.8 Å². The molecule has 2 aliphatic rings. The first-order valence-electron chi connectivity index (χ1n) is 15.6. The zero-order chi connectivity index (χ0) is 34.0. The number of ether oxygens (including phenoxy) is 3. The van der Waals surface area contributed by atoms with Crippen LogP contribution in [-0.2, 0) is 38.6 Å². The first kappa shape index (κ1) is 35.6. The van der Waals surface area contributed by atoms with Crippen molar-refractivity contribution in [3.05, 3.63) is 42.5 Å². The van der Waals surface area contributed by atoms with Crippen molar-refractivity contribution < 1.29 is 41.8 Å². The largest absolute Gasteiger partial charge is 0.466 e. The van der Waals surface area contributed by atoms with Gasteiger partial charge in [-0.3, -0.25) is 25.1 Å². The van der Waals surface area contributed by atoms with Gasteiger partial charge in [-0.25, -0.2) is 13.2 Å². The average Bonchev–Trinajstić information content (AvgIpc) is 3.89. The molecule has 2 atom stereocenters. The quantitative estimate of drug-likeness (QED) is 0.129. The Hall–Kier alpha value is -4.28. The molecule has 1 saturated heterocycles. The second-order valence-corrected chi connectivity index (χ2v) is 12.8. The van der Waals surface area contributed by atoms with Crippen LogP contribution in [-0.4, -0.2) is 112 Å². The van der Waals surface area contributed by atoms with Crippen LogP contribution < -0.4 is 15.4 Å². The molecule has 3 amide bonds. The van der Waals surface area contributed by atoms with E-state index in [4.69, 9.17) is 19.6 Å². The second-order valence-electron chi connectivity index (χ2n) is 11.1. The first-order chi connectivity index (χ1) is 22.5. The number of amides is 3. The topological polar surface area (TPSA) is 197 Å². The van der Waals surface area contributed by atoms with Crippen LogP contribution in [0.5, 0.6) is 0 Å². The molecule has 16 heteroatoms. The van der Waals surface area contributed by atoms with Gasteiger partial charge in [0, 0.05) is 25.7 Å². The first-order valence-corrected chi connectivity index (χ1v) is 17.1. The standard InChI is InChI=1S/C31H42N6O9S/c1-3-45-28(39)13-14-36(23-10-11-23)29(40)26(35-47(42,43)25-12-9-21-7-5-6-8-22(21)17-25)18-27(38)33-19-24-20-44-16-15-37(24)30(32)34-31(41)46-4-2/h5-9,12,17,23-24,26,35H,3-4,10-11,13-16,18-20H2,1-2H3,(H,33,38)(H2,32,34,41)/t24?,26-/m0/s1. The van der Waals surface area contributed by atoms with E-state index in [1.165, 1.54) is 17.0 Å². The lowest BCUT2D eigenvalue weighted by Gasteiger charge is -2.37. The molecule has 4 rings (SSSR count). The van der Waals surface area contributed by atoms with Crippen molar-refractivity contribution in [2.75, 3.05) is 46.1 Å². The molecule has 0 bridgehead atoms. The molecular weight excluding hydrogens is 632 g/mol. The second kappa shape index (κ2) is 16.5. The maximum Gasteiger partial charge on any atom is 0.413 e. The van der Waals surface area contributed by atoms with Crippen LogP contribution >= 0.6 is 0 Å². The number of carbonyl (C=O) groups excluding carboxylic acids is 4. The molecule has 15 nitrogen and oxygen atoms in total. The summed E-state index contributed by atoms with van der Waals surface area (Å²) in [4.78, 5) is 54.1. The van der Waals surface area contributed by atoms with Gasteiger partial charge in [-0.15, -0.1) is 0 Å². The van der Waals surface area contributed by atoms with E-state index in [9.17, 15) is 27.6 Å². The summed E-state index contributed by atoms with van der Waals surface area (Å²) in [7, 11) is -4.27. The number of hydrogen-bond acceptors (Lipinski definition) is 10. The van der Waals surface area contributed by atoms with Gasteiger partial charge in [0.25, 0.3) is 0 Å². The van der Waals surface area contributed by atoms with Crippen LogP contribution in [0.3, 0.4) is 0 Å². The van der Waals surface area contributed by atoms with Gasteiger partial charge in [0.2, 0.25) is 27.8 Å². The van der Waals surface area contributed by atoms with Crippen molar-refractivity contribution in [1.29, 1.82) is 5.41 Å². The molecule has 1 unspecified atom stereocenters. The zero-order valence-corrected chi connectivity index (χ0v) is 27.3. The summed E-state index contributed by atoms with van der Waals surface area (Å²) in [6.45, 7) is 4.35. The Labute approximate surface area is 273 Å². The molecule has 1 saturated carbocycles. The summed E-state index contributed by atoms with van der Waals surface area (Å²) in [6.07, 6.45) is -0.00609. The fourth-order valence-corrected chi connectivity index (χ4v) is 6.44. The van der Waals surface area contributed by atoms with Crippen LogP contribution in [0.25, 0.3) is 10.8 Å². The fourth-order valence-electron chi connectivity index (χ4n) is 5.22. The van der Waals surface area contributed by atoms with Crippen molar-refractivity contribution in [2.24, 2.45) is 0 Å². The van der Waals surface area contributed by atoms with Crippen molar-refractivity contribution in [1.82, 2.24) is 25.2 Å². The number of benzene rings is 2. The monoisotopic (exact) mass is 674 g/mol. The highest BCUT2D eigenvalue weighted by Gasteiger charge is 2.39. The third-order valence-electron chi connectivity index (χ3n) is 7.69. The van der Waals surface area contributed by atoms with Crippen molar-refractivity contribution in [3.63, 3.8) is 0 Å². The van der Waals surface area contributed by atoms with Crippen LogP contribution in [0, 0.1) is 5.41 Å². The Morgan fingerprint density at radius 2 is 1.79 bits per heavy atom. The number of guanidine groups is 1. The summed E-state index contributed by atoms with van der Waals surface area (Å²) >= 11 is 0. The molecule has 1 aliphatic heterocycles. The van der Waals surface area contributed by atoms with Gasteiger partial charge in [0.05, 0.1) is 50.2 Å². The number of rotatable bonds is 14. The molecule has 4 N–H and O–H groups in total. The van der Waals surface area contributed by atoms with Gasteiger partial charge in [-0.1, -0.05) is 30.3 Å². The van der Waals surface area contributed by atoms with Gasteiger partial charge in [-0.05, 0) is 49.6 Å². The molecule has 47 heavy (non-hydrogen) atoms. The molecule has 2 fully saturated rings. The van der Waals surface area contributed by atoms with Crippen molar-refractivity contribution >= 4 is 50.6 Å². The fraction of sp³-hybridized carbons (Fsp3) is 0.516. The Balaban J connectivity index is 1.50. The van der Waals surface area contributed by atoms with Crippen molar-refractivity contribution in [2.45, 2.75) is 62.6 Å². The van der Waals surface area contributed by atoms with Gasteiger partial charge in [-0.2, -0.15) is 4.72 Å². The Morgan fingerprint density at radius 3 is 2.49 bits per heavy atom. The molecule has 0 aromatic heterocycles. The number of fused-ring (bicyclic) bond motifs is 1. The predicted molar refractivity (Wildman–Crippen MR) is 171 cm³/mol. The Kier molecular flexibility index (Phi) is 12.5. The smallest absolute Gasteiger partial charge is 0.413 e. The number of sulfonamides is 1. The number of nitrogens with zero attached hydrogens (tertiary/aromatic N) is 2. The van der Waals surface area contributed by atoms with E-state index in [1.54, 1.807) is 36.9 Å². The van der Waals surface area contributed by atoms with E-state index in [0.717, 1.165) is 5.39 Å². The van der Waals surface area contributed by atoms with E-state index in [-0.39, 0.29) is 62.8 Å². The van der Waals surface area contributed by atoms with Crippen LogP contribution in [0.4, 0.5) is 4.79 Å². The van der Waals surface area contributed by atoms with Crippen LogP contribution in [0.15, 0.2) is 47.4 Å². The van der Waals surface area contributed by atoms with Crippen LogP contribution in [0.1, 0.15) is 39.5 Å². The van der Waals surface area contributed by atoms with Gasteiger partial charge < -0.3 is 29.3 Å². The minimum atomic E-state index is -4.27. The highest BCUT2D eigenvalue weighted by Crippen LogP contribution is 2.28. The lowest BCUT2D eigenvalue weighted by atomic mass is 10.1. The molecule has 2 aromatic rings. The summed E-state index contributed by atoms with van der Waals surface area (Å²) < 4.78 is 45.0. The molecular formula is C31H42N6O9S. The number of hydrogen-bond donors (Lipinski definition) is 4. The maximum absolute atomic E-state index is 13.9. The number of nitrogens with one attached hydrogen (secondary N) is 4. The Bertz CT molecular complexity index is 1570. The summed E-state index contributed by atoms with van der Waals surface area (Å²) in [5, 5.41) is 14.9. The average molecular weight is 675 g/mol. The minimum Gasteiger partial charge on any atom is -0.466 e. The SMILES string of the molecule is CCOC(=O)CCN(C(=O)[C@H](CC(=O)NCC1COCCN1C(=N)NC(=O)OCC)NS(=O)(=O)c1ccc2ccccc2c1)C1CC1. The molecule has 256 valence electrons. The molecule has 1 heterocycles. The molecule has 0 radical (unpaired) electrons. The van der Waals surface area contributed by atoms with E-state index < -0.39 is 52.4 Å². The summed E-state index contributed by atoms with van der Waals surface area (Å²) in [5.74, 6) is -1.96. The van der Waals surface area contributed by atoms with E-state index in [1.807, 2.05) is 12.1 Å². The number of morpholine rings is 1. The predicted octanol–water partition coefficient (Wildman–Crippen LogP) is 1.32. The molecule has 2 aromatic carbocycles. The molecule has 0 spiro atoms. The lowest BCUT2D eigenvalue weighted by molar-refractivity contribution is -0.144. The van der Waals surface area contributed by atoms with E-state index >= 15 is 0 Å². The summed E-state index contributed by atoms with van der Waals surface area (Å²) in [6, 6.07) is 9.65. The van der Waals surface area contributed by atoms with Crippen LogP contribution in [0.2, 0.25) is 0 Å². The summed E-state index contributed by atoms with van der Waals surface area (Å²) in [5.41, 5.74) is 0. The van der Waals surface area contributed by atoms with Gasteiger partial charge in [0.15, 0.2) is 0 Å². The van der Waals surface area contributed by atoms with Gasteiger partial charge >= 0.3 is 12.1 Å². The van der Waals surface area contributed by atoms with E-state index in [2.05, 4.69) is 15.4 Å². The van der Waals surface area contributed by atoms with Crippen molar-refractivity contribution in [3.8, 4) is 0 Å². The highest BCUT2D eigenvalue weighted by atomic mass is 32.2. The minimum absolute atomic E-state index is 0.0146. The third kappa shape index (κ3) is 10.1. The third-order valence-corrected chi connectivity index (χ3v) is 9.16. The number of carbonyl (C=O) groups is 4. The molecule has 1 aliphatic carbocycles. The zero-order valence-electron chi connectivity index (χ0n) is 26.5. The maximum atomic E-state index is 13.9. The van der Waals surface area contributed by atoms with Gasteiger partial charge in [0.1, 0.15) is 6.04 Å². The number of alkyl carbamates (subject to hydrolysis) is 1. The highest BCUT2D eigenvalue weighted by molar-refractivity contribution is 7.89. The normalized spacial score (nSPS) is 17.0. The Morgan fingerprint density at radius 1 is 1.06 bits per heavy atom. The lowest BCUT2D eigenvalue weighted by Crippen LogP contribution is -2.58.